The van der Waals surface area contributed by atoms with E-state index in [1.807, 2.05) is 18.2 Å². The Morgan fingerprint density at radius 2 is 1.68 bits per heavy atom. The van der Waals surface area contributed by atoms with Crippen LogP contribution in [0.5, 0.6) is 0 Å². The molecular weight excluding hydrogens is 322 g/mol. The average Bonchev–Trinajstić information content (AvgIpc) is 3.30. The summed E-state index contributed by atoms with van der Waals surface area (Å²) >= 11 is 1.77. The Kier molecular flexibility index (Phi) is 3.95. The Labute approximate surface area is 152 Å². The van der Waals surface area contributed by atoms with E-state index in [2.05, 4.69) is 90.5 Å². The van der Waals surface area contributed by atoms with Crippen LogP contribution in [-0.2, 0) is 12.5 Å². The summed E-state index contributed by atoms with van der Waals surface area (Å²) in [4.78, 5) is 1.27. The number of para-hydroxylation sites is 1. The van der Waals surface area contributed by atoms with E-state index in [-0.39, 0.29) is 5.41 Å². The van der Waals surface area contributed by atoms with Crippen molar-refractivity contribution in [2.75, 3.05) is 0 Å². The van der Waals surface area contributed by atoms with Crippen LogP contribution in [0, 0.1) is 11.8 Å². The predicted molar refractivity (Wildman–Crippen MR) is 107 cm³/mol. The van der Waals surface area contributed by atoms with E-state index in [0.717, 1.165) is 5.56 Å². The number of rotatable bonds is 2. The minimum absolute atomic E-state index is 0.342. The van der Waals surface area contributed by atoms with Gasteiger partial charge in [0.25, 0.3) is 0 Å². The van der Waals surface area contributed by atoms with Crippen LogP contribution >= 0.6 is 11.3 Å². The SMILES string of the molecule is Cn1cc(C(C)(C#Cc2ccccc2)c2cccs2)c2ccccc21. The second-order valence-corrected chi connectivity index (χ2v) is 7.34. The van der Waals surface area contributed by atoms with Gasteiger partial charge < -0.3 is 4.57 Å². The zero-order chi connectivity index (χ0) is 17.3. The number of hydrogen-bond acceptors (Lipinski definition) is 1. The van der Waals surface area contributed by atoms with E-state index in [1.165, 1.54) is 21.3 Å². The highest BCUT2D eigenvalue weighted by Gasteiger charge is 2.31. The lowest BCUT2D eigenvalue weighted by Crippen LogP contribution is -2.19. The summed E-state index contributed by atoms with van der Waals surface area (Å²) in [5, 5.41) is 3.39. The highest BCUT2D eigenvalue weighted by atomic mass is 32.1. The molecule has 0 bridgehead atoms. The van der Waals surface area contributed by atoms with Gasteiger partial charge in [-0.05, 0) is 36.6 Å². The van der Waals surface area contributed by atoms with Gasteiger partial charge in [-0.2, -0.15) is 0 Å². The van der Waals surface area contributed by atoms with Crippen LogP contribution in [0.15, 0.2) is 78.3 Å². The third-order valence-corrected chi connectivity index (χ3v) is 5.77. The number of hydrogen-bond donors (Lipinski definition) is 0. The van der Waals surface area contributed by atoms with Gasteiger partial charge in [-0.15, -0.1) is 11.3 Å². The van der Waals surface area contributed by atoms with Crippen molar-refractivity contribution in [3.8, 4) is 11.8 Å². The number of aryl methyl sites for hydroxylation is 1. The van der Waals surface area contributed by atoms with E-state index in [1.54, 1.807) is 11.3 Å². The molecule has 0 saturated heterocycles. The van der Waals surface area contributed by atoms with Crippen molar-refractivity contribution >= 4 is 22.2 Å². The quantitative estimate of drug-likeness (QED) is 0.418. The normalized spacial score (nSPS) is 13.2. The molecule has 4 rings (SSSR count). The van der Waals surface area contributed by atoms with Gasteiger partial charge in [0.15, 0.2) is 0 Å². The van der Waals surface area contributed by atoms with Crippen molar-refractivity contribution in [3.05, 3.63) is 94.3 Å². The Balaban J connectivity index is 1.94. The molecule has 0 radical (unpaired) electrons. The lowest BCUT2D eigenvalue weighted by Gasteiger charge is -2.22. The summed E-state index contributed by atoms with van der Waals surface area (Å²) < 4.78 is 2.20. The summed E-state index contributed by atoms with van der Waals surface area (Å²) in [5.74, 6) is 6.98. The first-order valence-corrected chi connectivity index (χ1v) is 9.23. The van der Waals surface area contributed by atoms with Crippen molar-refractivity contribution in [2.24, 2.45) is 7.05 Å². The molecule has 0 saturated carbocycles. The standard InChI is InChI=1S/C23H19NS/c1-23(22-13-8-16-25-22,15-14-18-9-4-3-5-10-18)20-17-24(2)21-12-7-6-11-19(20)21/h3-13,16-17H,1-2H3. The largest absolute Gasteiger partial charge is 0.350 e. The van der Waals surface area contributed by atoms with Crippen LogP contribution in [0.3, 0.4) is 0 Å². The minimum Gasteiger partial charge on any atom is -0.350 e. The van der Waals surface area contributed by atoms with E-state index in [4.69, 9.17) is 0 Å². The first-order valence-electron chi connectivity index (χ1n) is 8.35. The highest BCUT2D eigenvalue weighted by Crippen LogP contribution is 2.39. The van der Waals surface area contributed by atoms with Crippen molar-refractivity contribution in [1.82, 2.24) is 4.57 Å². The maximum atomic E-state index is 3.58. The van der Waals surface area contributed by atoms with Gasteiger partial charge in [0.05, 0.1) is 5.41 Å². The van der Waals surface area contributed by atoms with Crippen molar-refractivity contribution in [1.29, 1.82) is 0 Å². The zero-order valence-electron chi connectivity index (χ0n) is 14.4. The number of benzene rings is 2. The van der Waals surface area contributed by atoms with E-state index >= 15 is 0 Å². The van der Waals surface area contributed by atoms with E-state index in [9.17, 15) is 0 Å². The summed E-state index contributed by atoms with van der Waals surface area (Å²) in [5.41, 5.74) is 3.20. The van der Waals surface area contributed by atoms with Crippen molar-refractivity contribution < 1.29 is 0 Å². The van der Waals surface area contributed by atoms with Gasteiger partial charge in [0.1, 0.15) is 0 Å². The highest BCUT2D eigenvalue weighted by molar-refractivity contribution is 7.10. The molecule has 2 heterocycles. The first kappa shape index (κ1) is 15.7. The average molecular weight is 341 g/mol. The molecule has 0 amide bonds. The van der Waals surface area contributed by atoms with Crippen molar-refractivity contribution in [3.63, 3.8) is 0 Å². The molecule has 2 aromatic carbocycles. The van der Waals surface area contributed by atoms with Crippen LogP contribution in [-0.4, -0.2) is 4.57 Å². The third-order valence-electron chi connectivity index (χ3n) is 4.68. The molecule has 2 aromatic heterocycles. The molecule has 1 atom stereocenters. The van der Waals surface area contributed by atoms with Crippen LogP contribution in [0.4, 0.5) is 0 Å². The maximum absolute atomic E-state index is 3.58. The third kappa shape index (κ3) is 2.77. The lowest BCUT2D eigenvalue weighted by molar-refractivity contribution is 0.772. The predicted octanol–water partition coefficient (Wildman–Crippen LogP) is 5.60. The molecular formula is C23H19NS. The summed E-state index contributed by atoms with van der Waals surface area (Å²) in [6.07, 6.45) is 2.23. The summed E-state index contributed by atoms with van der Waals surface area (Å²) in [6, 6.07) is 23.0. The molecule has 25 heavy (non-hydrogen) atoms. The molecule has 0 aliphatic heterocycles. The number of fused-ring (bicyclic) bond motifs is 1. The maximum Gasteiger partial charge on any atom is 0.0900 e. The Morgan fingerprint density at radius 1 is 0.920 bits per heavy atom. The van der Waals surface area contributed by atoms with Gasteiger partial charge in [-0.1, -0.05) is 54.3 Å². The monoisotopic (exact) mass is 341 g/mol. The number of aromatic nitrogens is 1. The topological polar surface area (TPSA) is 4.93 Å². The molecule has 0 spiro atoms. The van der Waals surface area contributed by atoms with Gasteiger partial charge in [-0.3, -0.25) is 0 Å². The van der Waals surface area contributed by atoms with Crippen LogP contribution in [0.2, 0.25) is 0 Å². The fraction of sp³-hybridized carbons (Fsp3) is 0.130. The molecule has 0 N–H and O–H groups in total. The molecule has 0 fully saturated rings. The fourth-order valence-corrected chi connectivity index (χ4v) is 4.14. The van der Waals surface area contributed by atoms with Gasteiger partial charge in [0, 0.05) is 40.2 Å². The van der Waals surface area contributed by atoms with Crippen LogP contribution in [0.25, 0.3) is 10.9 Å². The molecule has 0 aliphatic rings. The molecule has 122 valence electrons. The second kappa shape index (κ2) is 6.27. The molecule has 4 aromatic rings. The molecule has 1 unspecified atom stereocenters. The van der Waals surface area contributed by atoms with Gasteiger partial charge >= 0.3 is 0 Å². The van der Waals surface area contributed by atoms with Crippen LogP contribution < -0.4 is 0 Å². The number of thiophene rings is 1. The number of nitrogens with zero attached hydrogens (tertiary/aromatic N) is 1. The first-order chi connectivity index (χ1) is 12.2. The zero-order valence-corrected chi connectivity index (χ0v) is 15.2. The van der Waals surface area contributed by atoms with E-state index in [0.29, 0.717) is 0 Å². The lowest BCUT2D eigenvalue weighted by atomic mass is 9.81. The van der Waals surface area contributed by atoms with Gasteiger partial charge in [-0.25, -0.2) is 0 Å². The summed E-state index contributed by atoms with van der Waals surface area (Å²) in [7, 11) is 2.10. The van der Waals surface area contributed by atoms with Gasteiger partial charge in [0.2, 0.25) is 0 Å². The Bertz CT molecular complexity index is 1060. The molecule has 1 nitrogen and oxygen atoms in total. The van der Waals surface area contributed by atoms with Crippen LogP contribution in [0.1, 0.15) is 22.9 Å². The smallest absolute Gasteiger partial charge is 0.0900 e. The Hall–Kier alpha value is -2.76. The Morgan fingerprint density at radius 3 is 2.44 bits per heavy atom. The van der Waals surface area contributed by atoms with E-state index < -0.39 is 0 Å². The fourth-order valence-electron chi connectivity index (χ4n) is 3.28. The minimum atomic E-state index is -0.342. The second-order valence-electron chi connectivity index (χ2n) is 6.39. The molecule has 2 heteroatoms. The van der Waals surface area contributed by atoms with Crippen molar-refractivity contribution in [2.45, 2.75) is 12.3 Å². The summed E-state index contributed by atoms with van der Waals surface area (Å²) in [6.45, 7) is 2.23. The molecule has 0 aliphatic carbocycles.